The van der Waals surface area contributed by atoms with Gasteiger partial charge in [-0.05, 0) is 32.4 Å². The molecule has 1 aliphatic rings. The second kappa shape index (κ2) is 4.13. The molecule has 1 atom stereocenters. The minimum Gasteiger partial charge on any atom is -0.312 e. The predicted molar refractivity (Wildman–Crippen MR) is 57.0 cm³/mol. The molecule has 1 unspecified atom stereocenters. The first-order valence-corrected chi connectivity index (χ1v) is 5.54. The zero-order chi connectivity index (χ0) is 9.97. The fraction of sp³-hybridized carbons (Fsp3) is 0.727. The summed E-state index contributed by atoms with van der Waals surface area (Å²) in [6, 6.07) is 2.62. The lowest BCUT2D eigenvalue weighted by Gasteiger charge is -2.16. The molecule has 3 nitrogen and oxygen atoms in total. The number of aryl methyl sites for hydroxylation is 1. The van der Waals surface area contributed by atoms with Gasteiger partial charge in [-0.25, -0.2) is 0 Å². The molecule has 0 radical (unpaired) electrons. The van der Waals surface area contributed by atoms with Gasteiger partial charge >= 0.3 is 0 Å². The lowest BCUT2D eigenvalue weighted by atomic mass is 10.1. The van der Waals surface area contributed by atoms with Crippen molar-refractivity contribution in [2.24, 2.45) is 5.92 Å². The molecule has 0 bridgehead atoms. The van der Waals surface area contributed by atoms with E-state index in [1.165, 1.54) is 25.0 Å². The van der Waals surface area contributed by atoms with Crippen LogP contribution in [0.5, 0.6) is 0 Å². The zero-order valence-electron chi connectivity index (χ0n) is 9.03. The van der Waals surface area contributed by atoms with Crippen LogP contribution in [0.15, 0.2) is 12.3 Å². The number of rotatable bonds is 5. The van der Waals surface area contributed by atoms with Gasteiger partial charge in [0, 0.05) is 18.8 Å². The fourth-order valence-electron chi connectivity index (χ4n) is 1.98. The van der Waals surface area contributed by atoms with Gasteiger partial charge in [0.15, 0.2) is 0 Å². The summed E-state index contributed by atoms with van der Waals surface area (Å²) in [5, 5.41) is 7.70. The molecule has 78 valence electrons. The van der Waals surface area contributed by atoms with E-state index >= 15 is 0 Å². The molecule has 1 aliphatic carbocycles. The van der Waals surface area contributed by atoms with E-state index in [0.717, 1.165) is 12.5 Å². The SMILES string of the molecule is CCn1nccc1C(CC1CC1)NC. The number of hydrogen-bond acceptors (Lipinski definition) is 2. The Morgan fingerprint density at radius 3 is 3.00 bits per heavy atom. The second-order valence-electron chi connectivity index (χ2n) is 4.09. The lowest BCUT2D eigenvalue weighted by molar-refractivity contribution is 0.467. The third-order valence-electron chi connectivity index (χ3n) is 3.02. The van der Waals surface area contributed by atoms with E-state index in [1.807, 2.05) is 13.2 Å². The normalized spacial score (nSPS) is 18.4. The Morgan fingerprint density at radius 2 is 2.43 bits per heavy atom. The highest BCUT2D eigenvalue weighted by Gasteiger charge is 2.26. The van der Waals surface area contributed by atoms with Crippen molar-refractivity contribution in [1.29, 1.82) is 0 Å². The summed E-state index contributed by atoms with van der Waals surface area (Å²) in [5.41, 5.74) is 1.34. The van der Waals surface area contributed by atoms with Crippen molar-refractivity contribution in [3.63, 3.8) is 0 Å². The largest absolute Gasteiger partial charge is 0.312 e. The Bertz CT molecular complexity index is 288. The first-order chi connectivity index (χ1) is 6.85. The molecule has 1 aromatic rings. The van der Waals surface area contributed by atoms with Crippen LogP contribution in [0.4, 0.5) is 0 Å². The van der Waals surface area contributed by atoms with Crippen molar-refractivity contribution in [3.05, 3.63) is 18.0 Å². The Kier molecular flexibility index (Phi) is 2.87. The smallest absolute Gasteiger partial charge is 0.0553 e. The van der Waals surface area contributed by atoms with E-state index in [4.69, 9.17) is 0 Å². The second-order valence-corrected chi connectivity index (χ2v) is 4.09. The van der Waals surface area contributed by atoms with Gasteiger partial charge in [-0.2, -0.15) is 5.10 Å². The minimum atomic E-state index is 0.491. The predicted octanol–water partition coefficient (Wildman–Crippen LogP) is 1.96. The third-order valence-corrected chi connectivity index (χ3v) is 3.02. The van der Waals surface area contributed by atoms with Crippen LogP contribution in [-0.2, 0) is 6.54 Å². The number of hydrogen-bond donors (Lipinski definition) is 1. The first-order valence-electron chi connectivity index (χ1n) is 5.54. The molecule has 1 saturated carbocycles. The summed E-state index contributed by atoms with van der Waals surface area (Å²) in [6.45, 7) is 3.10. The molecule has 1 aromatic heterocycles. The highest BCUT2D eigenvalue weighted by Crippen LogP contribution is 2.37. The Labute approximate surface area is 85.5 Å². The molecular weight excluding hydrogens is 174 g/mol. The van der Waals surface area contributed by atoms with Gasteiger partial charge in [0.2, 0.25) is 0 Å². The molecule has 0 aromatic carbocycles. The van der Waals surface area contributed by atoms with Gasteiger partial charge < -0.3 is 5.32 Å². The van der Waals surface area contributed by atoms with Crippen LogP contribution in [0.25, 0.3) is 0 Å². The van der Waals surface area contributed by atoms with Crippen LogP contribution >= 0.6 is 0 Å². The Morgan fingerprint density at radius 1 is 1.64 bits per heavy atom. The monoisotopic (exact) mass is 193 g/mol. The van der Waals surface area contributed by atoms with E-state index in [2.05, 4.69) is 28.1 Å². The van der Waals surface area contributed by atoms with Crippen molar-refractivity contribution >= 4 is 0 Å². The molecule has 0 saturated heterocycles. The average Bonchev–Trinajstić information content (AvgIpc) is 2.90. The molecule has 0 amide bonds. The molecule has 0 aliphatic heterocycles. The van der Waals surface area contributed by atoms with E-state index in [1.54, 1.807) is 0 Å². The molecule has 2 rings (SSSR count). The van der Waals surface area contributed by atoms with Gasteiger partial charge in [0.25, 0.3) is 0 Å². The molecule has 0 spiro atoms. The first kappa shape index (κ1) is 9.71. The van der Waals surface area contributed by atoms with Crippen LogP contribution < -0.4 is 5.32 Å². The fourth-order valence-corrected chi connectivity index (χ4v) is 1.98. The van der Waals surface area contributed by atoms with Crippen molar-refractivity contribution in [2.45, 2.75) is 38.8 Å². The molecule has 1 heterocycles. The maximum Gasteiger partial charge on any atom is 0.0553 e. The average molecular weight is 193 g/mol. The topological polar surface area (TPSA) is 29.9 Å². The highest BCUT2D eigenvalue weighted by molar-refractivity contribution is 5.07. The van der Waals surface area contributed by atoms with E-state index in [-0.39, 0.29) is 0 Å². The molecule has 3 heteroatoms. The van der Waals surface area contributed by atoms with Gasteiger partial charge in [-0.15, -0.1) is 0 Å². The number of aromatic nitrogens is 2. The molecule has 1 N–H and O–H groups in total. The van der Waals surface area contributed by atoms with E-state index < -0.39 is 0 Å². The van der Waals surface area contributed by atoms with Crippen LogP contribution in [0, 0.1) is 5.92 Å². The van der Waals surface area contributed by atoms with Gasteiger partial charge in [-0.1, -0.05) is 12.8 Å². The van der Waals surface area contributed by atoms with Crippen LogP contribution in [0.1, 0.15) is 37.9 Å². The van der Waals surface area contributed by atoms with Crippen molar-refractivity contribution in [2.75, 3.05) is 7.05 Å². The van der Waals surface area contributed by atoms with Gasteiger partial charge in [0.1, 0.15) is 0 Å². The molecule has 1 fully saturated rings. The maximum absolute atomic E-state index is 4.31. The van der Waals surface area contributed by atoms with Gasteiger partial charge in [0.05, 0.1) is 5.69 Å². The molecular formula is C11H19N3. The Hall–Kier alpha value is -0.830. The van der Waals surface area contributed by atoms with Gasteiger partial charge in [-0.3, -0.25) is 4.68 Å². The summed E-state index contributed by atoms with van der Waals surface area (Å²) in [7, 11) is 2.04. The highest BCUT2D eigenvalue weighted by atomic mass is 15.3. The quantitative estimate of drug-likeness (QED) is 0.774. The van der Waals surface area contributed by atoms with Crippen molar-refractivity contribution < 1.29 is 0 Å². The third kappa shape index (κ3) is 1.98. The maximum atomic E-state index is 4.31. The lowest BCUT2D eigenvalue weighted by Crippen LogP contribution is -2.20. The number of nitrogens with one attached hydrogen (secondary N) is 1. The van der Waals surface area contributed by atoms with Crippen LogP contribution in [0.2, 0.25) is 0 Å². The number of nitrogens with zero attached hydrogens (tertiary/aromatic N) is 2. The van der Waals surface area contributed by atoms with Crippen molar-refractivity contribution in [3.8, 4) is 0 Å². The Balaban J connectivity index is 2.08. The summed E-state index contributed by atoms with van der Waals surface area (Å²) in [6.07, 6.45) is 6.00. The van der Waals surface area contributed by atoms with Crippen LogP contribution in [-0.4, -0.2) is 16.8 Å². The van der Waals surface area contributed by atoms with Crippen molar-refractivity contribution in [1.82, 2.24) is 15.1 Å². The molecule has 14 heavy (non-hydrogen) atoms. The minimum absolute atomic E-state index is 0.491. The standard InChI is InChI=1S/C11H19N3/c1-3-14-11(6-7-13-14)10(12-2)8-9-4-5-9/h6-7,9-10,12H,3-5,8H2,1-2H3. The van der Waals surface area contributed by atoms with E-state index in [9.17, 15) is 0 Å². The summed E-state index contributed by atoms with van der Waals surface area (Å²) in [4.78, 5) is 0. The summed E-state index contributed by atoms with van der Waals surface area (Å²) >= 11 is 0. The zero-order valence-corrected chi connectivity index (χ0v) is 9.03. The summed E-state index contributed by atoms with van der Waals surface area (Å²) < 4.78 is 2.09. The summed E-state index contributed by atoms with van der Waals surface area (Å²) in [5.74, 6) is 0.952. The van der Waals surface area contributed by atoms with E-state index in [0.29, 0.717) is 6.04 Å². The van der Waals surface area contributed by atoms with Crippen LogP contribution in [0.3, 0.4) is 0 Å².